The van der Waals surface area contributed by atoms with Crippen LogP contribution in [0.5, 0.6) is 0 Å². The van der Waals surface area contributed by atoms with Crippen molar-refractivity contribution in [3.63, 3.8) is 0 Å². The van der Waals surface area contributed by atoms with E-state index in [-0.39, 0.29) is 22.4 Å². The van der Waals surface area contributed by atoms with Crippen molar-refractivity contribution in [2.75, 3.05) is 7.11 Å². The third kappa shape index (κ3) is 3.93. The van der Waals surface area contributed by atoms with E-state index in [9.17, 15) is 9.00 Å². The highest BCUT2D eigenvalue weighted by Gasteiger charge is 2.29. The monoisotopic (exact) mass is 234 g/mol. The summed E-state index contributed by atoms with van der Waals surface area (Å²) in [5.74, 6) is -0.234. The highest BCUT2D eigenvalue weighted by Crippen LogP contribution is 2.18. The highest BCUT2D eigenvalue weighted by atomic mass is 32.2. The van der Waals surface area contributed by atoms with Crippen LogP contribution in [0.3, 0.4) is 0 Å². The molecule has 0 aromatic carbocycles. The predicted molar refractivity (Wildman–Crippen MR) is 63.1 cm³/mol. The normalized spacial score (nSPS) is 19.4. The summed E-state index contributed by atoms with van der Waals surface area (Å²) in [4.78, 5) is 11.3. The van der Waals surface area contributed by atoms with Crippen LogP contribution in [0.1, 0.15) is 34.6 Å². The van der Waals surface area contributed by atoms with Gasteiger partial charge in [0.15, 0.2) is 0 Å². The minimum atomic E-state index is -0.993. The summed E-state index contributed by atoms with van der Waals surface area (Å²) in [7, 11) is 0.369. The Labute approximate surface area is 95.0 Å². The number of ether oxygens (including phenoxy) is 1. The molecule has 0 rings (SSSR count). The average Bonchev–Trinajstić information content (AvgIpc) is 2.23. The molecular formula is C11H22O3S. The molecule has 0 aromatic heterocycles. The second-order valence-electron chi connectivity index (χ2n) is 4.29. The van der Waals surface area contributed by atoms with E-state index in [1.165, 1.54) is 7.11 Å². The molecule has 0 aliphatic rings. The lowest BCUT2D eigenvalue weighted by molar-refractivity contribution is -0.144. The summed E-state index contributed by atoms with van der Waals surface area (Å²) < 4.78 is 16.7. The highest BCUT2D eigenvalue weighted by molar-refractivity contribution is 7.86. The molecule has 4 heteroatoms. The van der Waals surface area contributed by atoms with Crippen LogP contribution in [-0.4, -0.2) is 27.8 Å². The lowest BCUT2D eigenvalue weighted by Gasteiger charge is -2.23. The van der Waals surface area contributed by atoms with Gasteiger partial charge >= 0.3 is 5.97 Å². The number of rotatable bonds is 5. The summed E-state index contributed by atoms with van der Waals surface area (Å²) in [5, 5.41) is -0.0537. The van der Waals surface area contributed by atoms with E-state index < -0.39 is 10.8 Å². The van der Waals surface area contributed by atoms with Crippen molar-refractivity contribution < 1.29 is 13.7 Å². The van der Waals surface area contributed by atoms with Crippen molar-refractivity contribution in [1.82, 2.24) is 0 Å². The van der Waals surface area contributed by atoms with Crippen LogP contribution >= 0.6 is 0 Å². The molecule has 0 bridgehead atoms. The van der Waals surface area contributed by atoms with E-state index in [1.807, 2.05) is 27.7 Å². The second-order valence-corrected chi connectivity index (χ2v) is 6.44. The molecule has 0 saturated heterocycles. The van der Waals surface area contributed by atoms with Gasteiger partial charge in [0.1, 0.15) is 0 Å². The van der Waals surface area contributed by atoms with Gasteiger partial charge in [0.2, 0.25) is 0 Å². The zero-order chi connectivity index (χ0) is 12.2. The van der Waals surface area contributed by atoms with Gasteiger partial charge in [0, 0.05) is 21.3 Å². The summed E-state index contributed by atoms with van der Waals surface area (Å²) >= 11 is 0. The predicted octanol–water partition coefficient (Wildman–Crippen LogP) is 1.98. The number of hydrogen-bond donors (Lipinski definition) is 0. The Bertz CT molecular complexity index is 238. The Morgan fingerprint density at radius 1 is 1.07 bits per heavy atom. The summed E-state index contributed by atoms with van der Waals surface area (Å²) in [6, 6.07) is 0. The maximum Gasteiger partial charge on any atom is 0.309 e. The third-order valence-electron chi connectivity index (χ3n) is 2.95. The number of esters is 1. The lowest BCUT2D eigenvalue weighted by atomic mass is 10.1. The van der Waals surface area contributed by atoms with Gasteiger partial charge in [0.25, 0.3) is 0 Å². The standard InChI is InChI=1S/C11H22O3S/c1-7(2)9(4)15(13)10(5)8(3)11(12)14-6/h7-10H,1-6H3. The molecule has 0 N–H and O–H groups in total. The van der Waals surface area contributed by atoms with Crippen molar-refractivity contribution in [1.29, 1.82) is 0 Å². The maximum atomic E-state index is 12.0. The molecule has 0 radical (unpaired) electrons. The van der Waals surface area contributed by atoms with Crippen molar-refractivity contribution in [2.45, 2.75) is 45.1 Å². The fourth-order valence-corrected chi connectivity index (χ4v) is 2.91. The molecule has 4 unspecified atom stereocenters. The first-order valence-corrected chi connectivity index (χ1v) is 6.57. The summed E-state index contributed by atoms with van der Waals surface area (Å²) in [6.07, 6.45) is 0. The molecule has 3 nitrogen and oxygen atoms in total. The van der Waals surface area contributed by atoms with Crippen LogP contribution in [-0.2, 0) is 20.3 Å². The van der Waals surface area contributed by atoms with Crippen LogP contribution in [0.4, 0.5) is 0 Å². The Kier molecular flexibility index (Phi) is 6.10. The lowest BCUT2D eigenvalue weighted by Crippen LogP contribution is -2.34. The first-order valence-electron chi connectivity index (χ1n) is 5.30. The van der Waals surface area contributed by atoms with Gasteiger partial charge in [0.05, 0.1) is 13.0 Å². The van der Waals surface area contributed by atoms with Gasteiger partial charge in [-0.15, -0.1) is 0 Å². The molecule has 0 aliphatic heterocycles. The third-order valence-corrected chi connectivity index (χ3v) is 5.37. The van der Waals surface area contributed by atoms with Gasteiger partial charge in [-0.2, -0.15) is 0 Å². The molecule has 0 spiro atoms. The number of carbonyl (C=O) groups is 1. The van der Waals surface area contributed by atoms with Crippen LogP contribution in [0.2, 0.25) is 0 Å². The number of methoxy groups -OCH3 is 1. The SMILES string of the molecule is COC(=O)C(C)C(C)S(=O)C(C)C(C)C. The largest absolute Gasteiger partial charge is 0.469 e. The van der Waals surface area contributed by atoms with E-state index in [2.05, 4.69) is 4.74 Å². The van der Waals surface area contributed by atoms with Crippen LogP contribution in [0, 0.1) is 11.8 Å². The molecular weight excluding hydrogens is 212 g/mol. The second kappa shape index (κ2) is 6.26. The molecule has 4 atom stereocenters. The fraction of sp³-hybridized carbons (Fsp3) is 0.909. The van der Waals surface area contributed by atoms with E-state index in [0.29, 0.717) is 5.92 Å². The van der Waals surface area contributed by atoms with Crippen molar-refractivity contribution >= 4 is 16.8 Å². The molecule has 15 heavy (non-hydrogen) atoms. The minimum absolute atomic E-state index is 0.104. The minimum Gasteiger partial charge on any atom is -0.469 e. The fourth-order valence-electron chi connectivity index (χ4n) is 1.19. The van der Waals surface area contributed by atoms with Gasteiger partial charge < -0.3 is 4.74 Å². The van der Waals surface area contributed by atoms with Crippen LogP contribution in [0.15, 0.2) is 0 Å². The van der Waals surface area contributed by atoms with Gasteiger partial charge in [-0.25, -0.2) is 0 Å². The van der Waals surface area contributed by atoms with Crippen molar-refractivity contribution in [3.05, 3.63) is 0 Å². The maximum absolute atomic E-state index is 12.0. The van der Waals surface area contributed by atoms with E-state index >= 15 is 0 Å². The Balaban J connectivity index is 4.50. The average molecular weight is 234 g/mol. The molecule has 0 amide bonds. The molecule has 0 fully saturated rings. The topological polar surface area (TPSA) is 43.4 Å². The Morgan fingerprint density at radius 3 is 1.87 bits per heavy atom. The molecule has 90 valence electrons. The smallest absolute Gasteiger partial charge is 0.309 e. The molecule has 0 saturated carbocycles. The Hall–Kier alpha value is -0.380. The van der Waals surface area contributed by atoms with Crippen molar-refractivity contribution in [3.8, 4) is 0 Å². The summed E-state index contributed by atoms with van der Waals surface area (Å²) in [5.41, 5.74) is 0. The zero-order valence-electron chi connectivity index (χ0n) is 10.4. The Morgan fingerprint density at radius 2 is 1.53 bits per heavy atom. The number of carbonyl (C=O) groups excluding carboxylic acids is 1. The number of hydrogen-bond acceptors (Lipinski definition) is 3. The quantitative estimate of drug-likeness (QED) is 0.683. The molecule has 0 aromatic rings. The van der Waals surface area contributed by atoms with Crippen LogP contribution < -0.4 is 0 Å². The first-order chi connectivity index (χ1) is 6.82. The zero-order valence-corrected chi connectivity index (χ0v) is 11.3. The van der Waals surface area contributed by atoms with Gasteiger partial charge in [-0.05, 0) is 12.8 Å². The van der Waals surface area contributed by atoms with E-state index in [1.54, 1.807) is 6.92 Å². The van der Waals surface area contributed by atoms with Gasteiger partial charge in [-0.1, -0.05) is 27.7 Å². The van der Waals surface area contributed by atoms with Gasteiger partial charge in [-0.3, -0.25) is 9.00 Å². The van der Waals surface area contributed by atoms with E-state index in [4.69, 9.17) is 0 Å². The first kappa shape index (κ1) is 14.6. The molecule has 0 heterocycles. The summed E-state index contributed by atoms with van der Waals surface area (Å²) in [6.45, 7) is 9.65. The molecule has 0 aliphatic carbocycles. The van der Waals surface area contributed by atoms with Crippen molar-refractivity contribution in [2.24, 2.45) is 11.8 Å². The van der Waals surface area contributed by atoms with E-state index in [0.717, 1.165) is 0 Å². The van der Waals surface area contributed by atoms with Crippen LogP contribution in [0.25, 0.3) is 0 Å².